The van der Waals surface area contributed by atoms with Crippen molar-refractivity contribution < 1.29 is 5.11 Å². The molecule has 1 saturated heterocycles. The first-order chi connectivity index (χ1) is 7.72. The Morgan fingerprint density at radius 2 is 1.88 bits per heavy atom. The molecule has 0 bridgehead atoms. The molecule has 0 aromatic rings. The highest BCUT2D eigenvalue weighted by molar-refractivity contribution is 4.88. The lowest BCUT2D eigenvalue weighted by molar-refractivity contribution is 0.000295. The van der Waals surface area contributed by atoms with Gasteiger partial charge in [0.15, 0.2) is 0 Å². The van der Waals surface area contributed by atoms with Gasteiger partial charge in [0.1, 0.15) is 0 Å². The third kappa shape index (κ3) is 3.19. The van der Waals surface area contributed by atoms with Crippen molar-refractivity contribution >= 4 is 0 Å². The molecule has 1 aliphatic heterocycles. The van der Waals surface area contributed by atoms with Crippen LogP contribution in [0, 0.1) is 5.92 Å². The maximum absolute atomic E-state index is 10.4. The molecule has 0 spiro atoms. The summed E-state index contributed by atoms with van der Waals surface area (Å²) in [5.41, 5.74) is -0.351. The number of aliphatic hydroxyl groups is 1. The van der Waals surface area contributed by atoms with Gasteiger partial charge in [-0.2, -0.15) is 0 Å². The molecule has 94 valence electrons. The van der Waals surface area contributed by atoms with E-state index in [1.54, 1.807) is 0 Å². The minimum absolute atomic E-state index is 0.351. The van der Waals surface area contributed by atoms with E-state index in [1.165, 1.54) is 38.8 Å². The summed E-state index contributed by atoms with van der Waals surface area (Å²) in [4.78, 5) is 2.47. The lowest BCUT2D eigenvalue weighted by Gasteiger charge is -2.36. The third-order valence-electron chi connectivity index (χ3n) is 4.25. The Morgan fingerprint density at radius 3 is 2.44 bits per heavy atom. The molecule has 16 heavy (non-hydrogen) atoms. The molecule has 1 saturated carbocycles. The van der Waals surface area contributed by atoms with Crippen LogP contribution in [0.5, 0.6) is 0 Å². The average molecular weight is 226 g/mol. The highest BCUT2D eigenvalue weighted by Crippen LogP contribution is 2.31. The predicted molar refractivity (Wildman–Crippen MR) is 66.5 cm³/mol. The van der Waals surface area contributed by atoms with Crippen molar-refractivity contribution in [3.05, 3.63) is 0 Å². The Hall–Kier alpha value is -0.120. The Labute approximate surface area is 99.2 Å². The first kappa shape index (κ1) is 12.3. The summed E-state index contributed by atoms with van der Waals surface area (Å²) in [6, 6.07) is 0. The molecule has 0 aromatic heterocycles. The predicted octanol–water partition coefficient (Wildman–Crippen LogP) is 1.22. The van der Waals surface area contributed by atoms with Gasteiger partial charge in [-0.25, -0.2) is 0 Å². The van der Waals surface area contributed by atoms with Crippen LogP contribution in [0.3, 0.4) is 0 Å². The number of hydrogen-bond donors (Lipinski definition) is 2. The Kier molecular flexibility index (Phi) is 4.22. The van der Waals surface area contributed by atoms with Crippen LogP contribution in [0.2, 0.25) is 0 Å². The van der Waals surface area contributed by atoms with Crippen LogP contribution in [-0.4, -0.2) is 48.8 Å². The number of hydrogen-bond acceptors (Lipinski definition) is 3. The SMILES string of the molecule is CNCC1CCN(CC2(O)CCCC2)CC1. The van der Waals surface area contributed by atoms with Gasteiger partial charge in [-0.15, -0.1) is 0 Å². The van der Waals surface area contributed by atoms with Gasteiger partial charge in [-0.05, 0) is 58.3 Å². The minimum Gasteiger partial charge on any atom is -0.389 e. The van der Waals surface area contributed by atoms with Crippen molar-refractivity contribution in [2.75, 3.05) is 33.2 Å². The number of β-amino-alcohol motifs (C(OH)–C–C–N with tert-alkyl or cyclic N) is 1. The smallest absolute Gasteiger partial charge is 0.0774 e. The van der Waals surface area contributed by atoms with Crippen molar-refractivity contribution in [2.45, 2.75) is 44.1 Å². The molecule has 3 heteroatoms. The molecule has 2 N–H and O–H groups in total. The number of nitrogens with one attached hydrogen (secondary N) is 1. The largest absolute Gasteiger partial charge is 0.389 e. The van der Waals surface area contributed by atoms with Gasteiger partial charge < -0.3 is 15.3 Å². The zero-order valence-electron chi connectivity index (χ0n) is 10.5. The van der Waals surface area contributed by atoms with Gasteiger partial charge in [0.25, 0.3) is 0 Å². The molecule has 3 nitrogen and oxygen atoms in total. The molecule has 2 rings (SSSR count). The highest BCUT2D eigenvalue weighted by atomic mass is 16.3. The molecule has 0 amide bonds. The fourth-order valence-electron chi connectivity index (χ4n) is 3.24. The maximum Gasteiger partial charge on any atom is 0.0774 e. The molecule has 0 aromatic carbocycles. The summed E-state index contributed by atoms with van der Waals surface area (Å²) >= 11 is 0. The second-order valence-electron chi connectivity index (χ2n) is 5.71. The van der Waals surface area contributed by atoms with E-state index < -0.39 is 0 Å². The third-order valence-corrected chi connectivity index (χ3v) is 4.25. The summed E-state index contributed by atoms with van der Waals surface area (Å²) < 4.78 is 0. The highest BCUT2D eigenvalue weighted by Gasteiger charge is 2.33. The number of nitrogens with zero attached hydrogens (tertiary/aromatic N) is 1. The second kappa shape index (κ2) is 5.48. The van der Waals surface area contributed by atoms with Crippen LogP contribution in [-0.2, 0) is 0 Å². The maximum atomic E-state index is 10.4. The lowest BCUT2D eigenvalue weighted by Crippen LogP contribution is -2.45. The molecule has 2 fully saturated rings. The quantitative estimate of drug-likeness (QED) is 0.756. The zero-order chi connectivity index (χ0) is 11.4. The van der Waals surface area contributed by atoms with Crippen LogP contribution < -0.4 is 5.32 Å². The molecular formula is C13H26N2O. The Bertz CT molecular complexity index is 206. The topological polar surface area (TPSA) is 35.5 Å². The van der Waals surface area contributed by atoms with Crippen LogP contribution in [0.4, 0.5) is 0 Å². The Morgan fingerprint density at radius 1 is 1.25 bits per heavy atom. The summed E-state index contributed by atoms with van der Waals surface area (Å²) in [7, 11) is 2.04. The van der Waals surface area contributed by atoms with Crippen molar-refractivity contribution in [1.82, 2.24) is 10.2 Å². The zero-order valence-corrected chi connectivity index (χ0v) is 10.5. The fraction of sp³-hybridized carbons (Fsp3) is 1.00. The lowest BCUT2D eigenvalue weighted by atomic mass is 9.94. The van der Waals surface area contributed by atoms with Crippen molar-refractivity contribution in [3.8, 4) is 0 Å². The summed E-state index contributed by atoms with van der Waals surface area (Å²) in [5, 5.41) is 13.6. The van der Waals surface area contributed by atoms with Crippen molar-refractivity contribution in [1.29, 1.82) is 0 Å². The van der Waals surface area contributed by atoms with Gasteiger partial charge in [-0.3, -0.25) is 0 Å². The standard InChI is InChI=1S/C13H26N2O/c1-14-10-12-4-8-15(9-5-12)11-13(16)6-2-3-7-13/h12,14,16H,2-11H2,1H3. The van der Waals surface area contributed by atoms with E-state index in [0.717, 1.165) is 31.8 Å². The van der Waals surface area contributed by atoms with Crippen LogP contribution >= 0.6 is 0 Å². The normalized spacial score (nSPS) is 27.4. The van der Waals surface area contributed by atoms with Crippen LogP contribution in [0.15, 0.2) is 0 Å². The number of piperidine rings is 1. The first-order valence-corrected chi connectivity index (χ1v) is 6.81. The molecule has 0 radical (unpaired) electrons. The van der Waals surface area contributed by atoms with Crippen LogP contribution in [0.25, 0.3) is 0 Å². The van der Waals surface area contributed by atoms with Gasteiger partial charge in [0.05, 0.1) is 5.60 Å². The average Bonchev–Trinajstić information content (AvgIpc) is 2.68. The van der Waals surface area contributed by atoms with Gasteiger partial charge >= 0.3 is 0 Å². The van der Waals surface area contributed by atoms with E-state index in [1.807, 2.05) is 7.05 Å². The van der Waals surface area contributed by atoms with Crippen molar-refractivity contribution in [3.63, 3.8) is 0 Å². The van der Waals surface area contributed by atoms with E-state index in [2.05, 4.69) is 10.2 Å². The first-order valence-electron chi connectivity index (χ1n) is 6.81. The fourth-order valence-corrected chi connectivity index (χ4v) is 3.24. The van der Waals surface area contributed by atoms with Gasteiger partial charge in [0.2, 0.25) is 0 Å². The van der Waals surface area contributed by atoms with Gasteiger partial charge in [-0.1, -0.05) is 12.8 Å². The molecule has 0 atom stereocenters. The van der Waals surface area contributed by atoms with E-state index >= 15 is 0 Å². The monoisotopic (exact) mass is 226 g/mol. The second-order valence-corrected chi connectivity index (χ2v) is 5.71. The molecule has 1 heterocycles. The van der Waals surface area contributed by atoms with E-state index in [4.69, 9.17) is 0 Å². The van der Waals surface area contributed by atoms with E-state index in [0.29, 0.717) is 0 Å². The molecular weight excluding hydrogens is 200 g/mol. The van der Waals surface area contributed by atoms with E-state index in [9.17, 15) is 5.11 Å². The minimum atomic E-state index is -0.351. The van der Waals surface area contributed by atoms with Crippen molar-refractivity contribution in [2.24, 2.45) is 5.92 Å². The number of likely N-dealkylation sites (tertiary alicyclic amines) is 1. The molecule has 0 unspecified atom stereocenters. The molecule has 2 aliphatic rings. The summed E-state index contributed by atoms with van der Waals surface area (Å²) in [6.07, 6.45) is 7.04. The summed E-state index contributed by atoms with van der Waals surface area (Å²) in [5.74, 6) is 0.847. The van der Waals surface area contributed by atoms with E-state index in [-0.39, 0.29) is 5.60 Å². The molecule has 1 aliphatic carbocycles. The summed E-state index contributed by atoms with van der Waals surface area (Å²) in [6.45, 7) is 4.42. The number of rotatable bonds is 4. The van der Waals surface area contributed by atoms with Gasteiger partial charge in [0, 0.05) is 6.54 Å². The van der Waals surface area contributed by atoms with Crippen LogP contribution in [0.1, 0.15) is 38.5 Å². The Balaban J connectivity index is 1.72.